The maximum Gasteiger partial charge on any atom is 0.227 e. The molecule has 1 unspecified atom stereocenters. The third-order valence-electron chi connectivity index (χ3n) is 4.24. The number of carbonyl (C=O) groups excluding carboxylic acids is 1. The zero-order chi connectivity index (χ0) is 14.7. The zero-order valence-electron chi connectivity index (χ0n) is 13.3. The van der Waals surface area contributed by atoms with Gasteiger partial charge in [-0.05, 0) is 50.7 Å². The molecule has 2 N–H and O–H groups in total. The molecule has 1 aliphatic heterocycles. The minimum atomic E-state index is -0.133. The van der Waals surface area contributed by atoms with E-state index in [9.17, 15) is 4.79 Å². The average molecular weight is 301 g/mol. The first-order valence-electron chi connectivity index (χ1n) is 8.23. The fraction of sp³-hybridized carbons (Fsp3) is 0.938. The molecule has 0 saturated carbocycles. The summed E-state index contributed by atoms with van der Waals surface area (Å²) in [7, 11) is 0. The van der Waals surface area contributed by atoms with Crippen molar-refractivity contribution in [2.75, 3.05) is 31.6 Å². The summed E-state index contributed by atoms with van der Waals surface area (Å²) in [5.41, 5.74) is -0.133. The number of rotatable bonds is 10. The first-order valence-corrected chi connectivity index (χ1v) is 9.62. The molecule has 0 bridgehead atoms. The molecule has 118 valence electrons. The first kappa shape index (κ1) is 17.8. The zero-order valence-corrected chi connectivity index (χ0v) is 14.1. The van der Waals surface area contributed by atoms with Gasteiger partial charge in [0, 0.05) is 13.1 Å². The highest BCUT2D eigenvalue weighted by Crippen LogP contribution is 2.31. The number of carbonyl (C=O) groups is 1. The van der Waals surface area contributed by atoms with E-state index >= 15 is 0 Å². The van der Waals surface area contributed by atoms with Crippen molar-refractivity contribution in [3.05, 3.63) is 0 Å². The van der Waals surface area contributed by atoms with E-state index in [1.165, 1.54) is 25.0 Å². The van der Waals surface area contributed by atoms with Crippen molar-refractivity contribution in [2.24, 2.45) is 5.41 Å². The molecule has 0 spiro atoms. The van der Waals surface area contributed by atoms with Crippen LogP contribution in [0.4, 0.5) is 0 Å². The van der Waals surface area contributed by atoms with E-state index in [1.54, 1.807) is 0 Å². The summed E-state index contributed by atoms with van der Waals surface area (Å²) >= 11 is 1.92. The minimum absolute atomic E-state index is 0.133. The van der Waals surface area contributed by atoms with Gasteiger partial charge in [0.2, 0.25) is 5.91 Å². The van der Waals surface area contributed by atoms with Gasteiger partial charge in [-0.1, -0.05) is 26.2 Å². The number of amides is 1. The van der Waals surface area contributed by atoms with Crippen molar-refractivity contribution < 1.29 is 4.79 Å². The lowest BCUT2D eigenvalue weighted by Crippen LogP contribution is -2.50. The maximum atomic E-state index is 12.5. The van der Waals surface area contributed by atoms with Gasteiger partial charge in [0.15, 0.2) is 0 Å². The molecule has 0 radical (unpaired) electrons. The summed E-state index contributed by atoms with van der Waals surface area (Å²) in [6, 6.07) is 0. The standard InChI is InChI=1S/C16H32N2OS/c1-3-9-16(10-8-11-17-14-16)15(19)18-12-6-4-5-7-13-20-2/h17H,3-14H2,1-2H3,(H,18,19). The van der Waals surface area contributed by atoms with Crippen LogP contribution in [0.15, 0.2) is 0 Å². The van der Waals surface area contributed by atoms with Crippen LogP contribution >= 0.6 is 11.8 Å². The highest BCUT2D eigenvalue weighted by atomic mass is 32.2. The molecule has 1 aliphatic rings. The Hall–Kier alpha value is -0.220. The summed E-state index contributed by atoms with van der Waals surface area (Å²) in [5, 5.41) is 6.59. The van der Waals surface area contributed by atoms with E-state index in [-0.39, 0.29) is 11.3 Å². The van der Waals surface area contributed by atoms with Crippen LogP contribution in [0.3, 0.4) is 0 Å². The van der Waals surface area contributed by atoms with Crippen LogP contribution in [-0.4, -0.2) is 37.6 Å². The molecule has 20 heavy (non-hydrogen) atoms. The molecule has 4 heteroatoms. The lowest BCUT2D eigenvalue weighted by Gasteiger charge is -2.36. The summed E-state index contributed by atoms with van der Waals surface area (Å²) in [6.45, 7) is 4.95. The van der Waals surface area contributed by atoms with E-state index < -0.39 is 0 Å². The second-order valence-electron chi connectivity index (χ2n) is 5.97. The van der Waals surface area contributed by atoms with Gasteiger partial charge in [-0.15, -0.1) is 0 Å². The SMILES string of the molecule is CCCC1(C(=O)NCCCCCCSC)CCCNC1. The van der Waals surface area contributed by atoms with Crippen LogP contribution in [0.25, 0.3) is 0 Å². The van der Waals surface area contributed by atoms with E-state index in [0.29, 0.717) is 0 Å². The average Bonchev–Trinajstić information content (AvgIpc) is 2.47. The van der Waals surface area contributed by atoms with Crippen molar-refractivity contribution in [1.29, 1.82) is 0 Å². The molecule has 1 saturated heterocycles. The Morgan fingerprint density at radius 1 is 1.30 bits per heavy atom. The van der Waals surface area contributed by atoms with Gasteiger partial charge in [0.25, 0.3) is 0 Å². The Bertz CT molecular complexity index is 260. The molecule has 1 amide bonds. The van der Waals surface area contributed by atoms with Gasteiger partial charge in [-0.3, -0.25) is 4.79 Å². The Morgan fingerprint density at radius 2 is 2.10 bits per heavy atom. The second kappa shape index (κ2) is 10.5. The van der Waals surface area contributed by atoms with Crippen molar-refractivity contribution in [1.82, 2.24) is 10.6 Å². The van der Waals surface area contributed by atoms with Gasteiger partial charge < -0.3 is 10.6 Å². The third kappa shape index (κ3) is 6.04. The molecular weight excluding hydrogens is 268 g/mol. The van der Waals surface area contributed by atoms with Gasteiger partial charge in [0.1, 0.15) is 0 Å². The number of hydrogen-bond acceptors (Lipinski definition) is 3. The van der Waals surface area contributed by atoms with Crippen molar-refractivity contribution in [2.45, 2.75) is 58.3 Å². The van der Waals surface area contributed by atoms with Gasteiger partial charge in [-0.25, -0.2) is 0 Å². The predicted octanol–water partition coefficient (Wildman–Crippen LogP) is 3.20. The molecule has 1 heterocycles. The molecule has 0 aliphatic carbocycles. The largest absolute Gasteiger partial charge is 0.356 e. The van der Waals surface area contributed by atoms with Crippen LogP contribution in [0, 0.1) is 5.41 Å². The van der Waals surface area contributed by atoms with Crippen molar-refractivity contribution >= 4 is 17.7 Å². The monoisotopic (exact) mass is 300 g/mol. The molecule has 1 atom stereocenters. The Balaban J connectivity index is 2.21. The molecule has 3 nitrogen and oxygen atoms in total. The quantitative estimate of drug-likeness (QED) is 0.609. The number of nitrogens with one attached hydrogen (secondary N) is 2. The fourth-order valence-corrected chi connectivity index (χ4v) is 3.57. The van der Waals surface area contributed by atoms with Crippen LogP contribution in [0.2, 0.25) is 0 Å². The van der Waals surface area contributed by atoms with E-state index in [4.69, 9.17) is 0 Å². The minimum Gasteiger partial charge on any atom is -0.356 e. The smallest absolute Gasteiger partial charge is 0.227 e. The Morgan fingerprint density at radius 3 is 2.75 bits per heavy atom. The lowest BCUT2D eigenvalue weighted by molar-refractivity contribution is -0.132. The highest BCUT2D eigenvalue weighted by molar-refractivity contribution is 7.98. The fourth-order valence-electron chi connectivity index (χ4n) is 3.08. The van der Waals surface area contributed by atoms with Crippen molar-refractivity contribution in [3.63, 3.8) is 0 Å². The van der Waals surface area contributed by atoms with E-state index in [2.05, 4.69) is 23.8 Å². The first-order chi connectivity index (χ1) is 9.75. The predicted molar refractivity (Wildman–Crippen MR) is 89.3 cm³/mol. The van der Waals surface area contributed by atoms with Crippen LogP contribution in [0.5, 0.6) is 0 Å². The van der Waals surface area contributed by atoms with E-state index in [1.807, 2.05) is 11.8 Å². The van der Waals surface area contributed by atoms with Gasteiger partial charge >= 0.3 is 0 Å². The van der Waals surface area contributed by atoms with Gasteiger partial charge in [-0.2, -0.15) is 11.8 Å². The maximum absolute atomic E-state index is 12.5. The number of hydrogen-bond donors (Lipinski definition) is 2. The highest BCUT2D eigenvalue weighted by Gasteiger charge is 2.38. The third-order valence-corrected chi connectivity index (χ3v) is 4.94. The summed E-state index contributed by atoms with van der Waals surface area (Å²) in [5.74, 6) is 1.55. The lowest BCUT2D eigenvalue weighted by atomic mass is 9.76. The number of piperidine rings is 1. The molecule has 0 aromatic rings. The Kier molecular flexibility index (Phi) is 9.36. The van der Waals surface area contributed by atoms with Gasteiger partial charge in [0.05, 0.1) is 5.41 Å². The second-order valence-corrected chi connectivity index (χ2v) is 6.96. The molecule has 1 fully saturated rings. The van der Waals surface area contributed by atoms with Crippen LogP contribution in [-0.2, 0) is 4.79 Å². The topological polar surface area (TPSA) is 41.1 Å². The normalized spacial score (nSPS) is 22.7. The van der Waals surface area contributed by atoms with E-state index in [0.717, 1.165) is 51.7 Å². The molecule has 0 aromatic carbocycles. The number of unbranched alkanes of at least 4 members (excludes halogenated alkanes) is 3. The van der Waals surface area contributed by atoms with Crippen LogP contribution < -0.4 is 10.6 Å². The summed E-state index contributed by atoms with van der Waals surface area (Å²) in [4.78, 5) is 12.5. The summed E-state index contributed by atoms with van der Waals surface area (Å²) in [6.07, 6.45) is 11.4. The molecule has 1 rings (SSSR count). The Labute approximate surface area is 129 Å². The number of thioether (sulfide) groups is 1. The molecular formula is C16H32N2OS. The van der Waals surface area contributed by atoms with Crippen LogP contribution in [0.1, 0.15) is 58.3 Å². The summed E-state index contributed by atoms with van der Waals surface area (Å²) < 4.78 is 0. The molecule has 0 aromatic heterocycles. The van der Waals surface area contributed by atoms with Crippen molar-refractivity contribution in [3.8, 4) is 0 Å².